The smallest absolute Gasteiger partial charge is 0.243 e. The predicted molar refractivity (Wildman–Crippen MR) is 124 cm³/mol. The summed E-state index contributed by atoms with van der Waals surface area (Å²) >= 11 is 0. The lowest BCUT2D eigenvalue weighted by molar-refractivity contribution is -0.122. The van der Waals surface area contributed by atoms with Gasteiger partial charge in [-0.2, -0.15) is 4.31 Å². The molecule has 7 nitrogen and oxygen atoms in total. The maximum atomic E-state index is 12.9. The summed E-state index contributed by atoms with van der Waals surface area (Å²) in [6, 6.07) is 13.9. The molecule has 2 amide bonds. The summed E-state index contributed by atoms with van der Waals surface area (Å²) in [6.07, 6.45) is 4.03. The van der Waals surface area contributed by atoms with Crippen LogP contribution in [-0.2, 0) is 19.6 Å². The maximum absolute atomic E-state index is 12.9. The van der Waals surface area contributed by atoms with E-state index in [9.17, 15) is 18.0 Å². The van der Waals surface area contributed by atoms with Gasteiger partial charge in [0.15, 0.2) is 0 Å². The van der Waals surface area contributed by atoms with Crippen LogP contribution in [0.2, 0.25) is 0 Å². The molecule has 1 atom stereocenters. The molecule has 1 N–H and O–H groups in total. The molecule has 2 heterocycles. The Labute approximate surface area is 189 Å². The molecule has 2 saturated heterocycles. The van der Waals surface area contributed by atoms with Gasteiger partial charge in [0.25, 0.3) is 0 Å². The molecule has 32 heavy (non-hydrogen) atoms. The molecule has 8 heteroatoms. The Morgan fingerprint density at radius 2 is 1.56 bits per heavy atom. The quantitative estimate of drug-likeness (QED) is 0.747. The summed E-state index contributed by atoms with van der Waals surface area (Å²) in [5.41, 5.74) is 2.42. The van der Waals surface area contributed by atoms with Crippen molar-refractivity contribution >= 4 is 33.2 Å². The first kappa shape index (κ1) is 22.5. The van der Waals surface area contributed by atoms with Gasteiger partial charge in [0.1, 0.15) is 0 Å². The van der Waals surface area contributed by atoms with Crippen LogP contribution in [0.5, 0.6) is 0 Å². The predicted octanol–water partition coefficient (Wildman–Crippen LogP) is 3.55. The number of hydrogen-bond acceptors (Lipinski definition) is 4. The molecule has 0 bridgehead atoms. The number of carbonyl (C=O) groups excluding carboxylic acids is 2. The van der Waals surface area contributed by atoms with Crippen LogP contribution < -0.4 is 10.2 Å². The number of hydrogen-bond donors (Lipinski definition) is 1. The van der Waals surface area contributed by atoms with Crippen molar-refractivity contribution in [3.8, 4) is 0 Å². The molecule has 170 valence electrons. The Hall–Kier alpha value is -2.71. The van der Waals surface area contributed by atoms with Gasteiger partial charge in [-0.15, -0.1) is 0 Å². The summed E-state index contributed by atoms with van der Waals surface area (Å²) in [5.74, 6) is -0.770. The minimum absolute atomic E-state index is 0.0760. The van der Waals surface area contributed by atoms with Crippen LogP contribution in [0.3, 0.4) is 0 Å². The van der Waals surface area contributed by atoms with Crippen LogP contribution in [0, 0.1) is 12.8 Å². The van der Waals surface area contributed by atoms with Crippen molar-refractivity contribution < 1.29 is 18.0 Å². The fourth-order valence-corrected chi connectivity index (χ4v) is 5.76. The van der Waals surface area contributed by atoms with Gasteiger partial charge in [-0.1, -0.05) is 30.5 Å². The normalized spacial score (nSPS) is 20.2. The molecule has 0 saturated carbocycles. The molecule has 0 radical (unpaired) electrons. The Bertz CT molecular complexity index is 1070. The van der Waals surface area contributed by atoms with Gasteiger partial charge in [-0.25, -0.2) is 8.42 Å². The summed E-state index contributed by atoms with van der Waals surface area (Å²) < 4.78 is 27.4. The van der Waals surface area contributed by atoms with Gasteiger partial charge in [-0.05, 0) is 56.2 Å². The Balaban J connectivity index is 1.39. The summed E-state index contributed by atoms with van der Waals surface area (Å²) in [4.78, 5) is 27.0. The van der Waals surface area contributed by atoms with E-state index in [0.29, 0.717) is 25.3 Å². The summed E-state index contributed by atoms with van der Waals surface area (Å²) in [5, 5.41) is 2.83. The molecule has 0 spiro atoms. The van der Waals surface area contributed by atoms with Gasteiger partial charge >= 0.3 is 0 Å². The molecule has 2 aromatic carbocycles. The lowest BCUT2D eigenvalue weighted by atomic mass is 10.1. The van der Waals surface area contributed by atoms with Gasteiger partial charge in [-0.3, -0.25) is 9.59 Å². The molecule has 2 aliphatic rings. The highest BCUT2D eigenvalue weighted by molar-refractivity contribution is 7.89. The topological polar surface area (TPSA) is 86.8 Å². The summed E-state index contributed by atoms with van der Waals surface area (Å²) in [6.45, 7) is 3.41. The highest BCUT2D eigenvalue weighted by Crippen LogP contribution is 2.27. The molecule has 1 unspecified atom stereocenters. The number of carbonyl (C=O) groups is 2. The Morgan fingerprint density at radius 3 is 2.19 bits per heavy atom. The standard InChI is InChI=1S/C24H29N3O4S/c1-18-6-10-21(11-7-18)27-17-19(16-23(27)28)24(29)25-20-8-12-22(13-9-20)32(30,31)26-14-4-2-3-5-15-26/h6-13,19H,2-5,14-17H2,1H3,(H,25,29). The number of benzene rings is 2. The molecule has 0 aliphatic carbocycles. The number of aryl methyl sites for hydroxylation is 1. The van der Waals surface area contributed by atoms with Crippen LogP contribution in [0.15, 0.2) is 53.4 Å². The molecule has 2 aliphatic heterocycles. The number of nitrogens with zero attached hydrogens (tertiary/aromatic N) is 2. The van der Waals surface area contributed by atoms with E-state index in [1.165, 1.54) is 12.1 Å². The van der Waals surface area contributed by atoms with Crippen molar-refractivity contribution in [2.75, 3.05) is 29.9 Å². The first-order chi connectivity index (χ1) is 15.3. The Morgan fingerprint density at radius 1 is 0.938 bits per heavy atom. The first-order valence-electron chi connectivity index (χ1n) is 11.1. The monoisotopic (exact) mass is 455 g/mol. The highest BCUT2D eigenvalue weighted by Gasteiger charge is 2.35. The van der Waals surface area contributed by atoms with Crippen molar-refractivity contribution in [2.45, 2.75) is 43.9 Å². The SMILES string of the molecule is Cc1ccc(N2CC(C(=O)Nc3ccc(S(=O)(=O)N4CCCCCC4)cc3)CC2=O)cc1. The average molecular weight is 456 g/mol. The van der Waals surface area contributed by atoms with E-state index in [1.807, 2.05) is 31.2 Å². The number of anilines is 2. The van der Waals surface area contributed by atoms with Crippen LogP contribution in [-0.4, -0.2) is 44.2 Å². The third-order valence-electron chi connectivity index (χ3n) is 6.17. The van der Waals surface area contributed by atoms with E-state index in [-0.39, 0.29) is 23.1 Å². The maximum Gasteiger partial charge on any atom is 0.243 e. The van der Waals surface area contributed by atoms with Crippen molar-refractivity contribution in [1.82, 2.24) is 4.31 Å². The molecular formula is C24H29N3O4S. The van der Waals surface area contributed by atoms with Gasteiger partial charge < -0.3 is 10.2 Å². The lowest BCUT2D eigenvalue weighted by Gasteiger charge is -2.20. The number of amides is 2. The van der Waals surface area contributed by atoms with Gasteiger partial charge in [0.05, 0.1) is 10.8 Å². The Kier molecular flexibility index (Phi) is 6.62. The molecular weight excluding hydrogens is 426 g/mol. The third-order valence-corrected chi connectivity index (χ3v) is 8.08. The second kappa shape index (κ2) is 9.42. The zero-order chi connectivity index (χ0) is 22.7. The number of nitrogens with one attached hydrogen (secondary N) is 1. The van der Waals surface area contributed by atoms with Gasteiger partial charge in [0, 0.05) is 37.4 Å². The van der Waals surface area contributed by atoms with Gasteiger partial charge in [0.2, 0.25) is 21.8 Å². The van der Waals surface area contributed by atoms with Crippen LogP contribution in [0.25, 0.3) is 0 Å². The lowest BCUT2D eigenvalue weighted by Crippen LogP contribution is -2.32. The van der Waals surface area contributed by atoms with E-state index >= 15 is 0 Å². The minimum atomic E-state index is -3.53. The van der Waals surface area contributed by atoms with Crippen molar-refractivity contribution in [3.63, 3.8) is 0 Å². The summed E-state index contributed by atoms with van der Waals surface area (Å²) in [7, 11) is -3.53. The molecule has 0 aromatic heterocycles. The van der Waals surface area contributed by atoms with E-state index in [4.69, 9.17) is 0 Å². The van der Waals surface area contributed by atoms with E-state index in [2.05, 4.69) is 5.32 Å². The average Bonchev–Trinajstić information content (AvgIpc) is 2.98. The van der Waals surface area contributed by atoms with Crippen LogP contribution >= 0.6 is 0 Å². The molecule has 4 rings (SSSR count). The molecule has 2 fully saturated rings. The zero-order valence-corrected chi connectivity index (χ0v) is 19.1. The third kappa shape index (κ3) is 4.86. The fourth-order valence-electron chi connectivity index (χ4n) is 4.24. The van der Waals surface area contributed by atoms with Crippen molar-refractivity contribution in [2.24, 2.45) is 5.92 Å². The van der Waals surface area contributed by atoms with Crippen LogP contribution in [0.4, 0.5) is 11.4 Å². The fraction of sp³-hybridized carbons (Fsp3) is 0.417. The van der Waals surface area contributed by atoms with E-state index in [1.54, 1.807) is 21.3 Å². The van der Waals surface area contributed by atoms with E-state index in [0.717, 1.165) is 36.9 Å². The highest BCUT2D eigenvalue weighted by atomic mass is 32.2. The second-order valence-corrected chi connectivity index (χ2v) is 10.5. The minimum Gasteiger partial charge on any atom is -0.326 e. The van der Waals surface area contributed by atoms with Crippen molar-refractivity contribution in [1.29, 1.82) is 0 Å². The molecule has 2 aromatic rings. The van der Waals surface area contributed by atoms with E-state index < -0.39 is 15.9 Å². The first-order valence-corrected chi connectivity index (χ1v) is 12.6. The largest absolute Gasteiger partial charge is 0.326 e. The number of sulfonamides is 1. The van der Waals surface area contributed by atoms with Crippen LogP contribution in [0.1, 0.15) is 37.7 Å². The van der Waals surface area contributed by atoms with Crippen molar-refractivity contribution in [3.05, 3.63) is 54.1 Å². The zero-order valence-electron chi connectivity index (χ0n) is 18.3. The number of rotatable bonds is 5. The second-order valence-electron chi connectivity index (χ2n) is 8.57.